The van der Waals surface area contributed by atoms with Crippen molar-refractivity contribution in [3.05, 3.63) is 12.1 Å². The van der Waals surface area contributed by atoms with Gasteiger partial charge < -0.3 is 4.74 Å². The van der Waals surface area contributed by atoms with Gasteiger partial charge in [0.1, 0.15) is 0 Å². The van der Waals surface area contributed by atoms with Crippen LogP contribution in [0.2, 0.25) is 0 Å². The molecule has 0 rings (SSSR count). The highest BCUT2D eigenvalue weighted by atomic mass is 32.3. The molecule has 23 heavy (non-hydrogen) atoms. The van der Waals surface area contributed by atoms with Crippen LogP contribution in [0.3, 0.4) is 0 Å². The molecule has 138 valence electrons. The van der Waals surface area contributed by atoms with Crippen LogP contribution in [0.5, 0.6) is 0 Å². The molecular formula is C7H3F11O4S. The highest BCUT2D eigenvalue weighted by Gasteiger charge is 2.73. The number of rotatable bonds is 7. The lowest BCUT2D eigenvalue weighted by Gasteiger charge is -2.33. The van der Waals surface area contributed by atoms with Crippen molar-refractivity contribution >= 4 is 10.2 Å². The van der Waals surface area contributed by atoms with Crippen LogP contribution >= 0.6 is 0 Å². The molecular weight excluding hydrogens is 389 g/mol. The first-order valence-corrected chi connectivity index (χ1v) is 6.03. The van der Waals surface area contributed by atoms with Gasteiger partial charge in [-0.2, -0.15) is 47.9 Å². The standard InChI is InChI=1S/C7H3F11O4S/c1-4(11,5(12,13)21-3(10)2(8)9)22-6(14,15)7(16,17)23(18,19)20/h1H3. The molecule has 0 fully saturated rings. The average Bonchev–Trinajstić information content (AvgIpc) is 2.24. The van der Waals surface area contributed by atoms with E-state index >= 15 is 0 Å². The van der Waals surface area contributed by atoms with E-state index in [1.807, 2.05) is 0 Å². The Kier molecular flexibility index (Phi) is 5.61. The van der Waals surface area contributed by atoms with E-state index in [-0.39, 0.29) is 0 Å². The molecule has 1 unspecified atom stereocenters. The molecule has 0 saturated heterocycles. The minimum Gasteiger partial charge on any atom is -0.398 e. The number of hydrogen-bond donors (Lipinski definition) is 0. The second-order valence-electron chi connectivity index (χ2n) is 3.64. The van der Waals surface area contributed by atoms with E-state index in [4.69, 9.17) is 0 Å². The molecule has 1 atom stereocenters. The Morgan fingerprint density at radius 3 is 1.57 bits per heavy atom. The second-order valence-corrected chi connectivity index (χ2v) is 5.03. The minimum atomic E-state index is -7.48. The van der Waals surface area contributed by atoms with Crippen molar-refractivity contribution in [2.45, 2.75) is 30.3 Å². The fraction of sp³-hybridized carbons (Fsp3) is 0.714. The summed E-state index contributed by atoms with van der Waals surface area (Å²) in [5.41, 5.74) is 0. The summed E-state index contributed by atoms with van der Waals surface area (Å²) < 4.78 is 161. The summed E-state index contributed by atoms with van der Waals surface area (Å²) in [5, 5.41) is -6.84. The second kappa shape index (κ2) is 5.95. The fourth-order valence-electron chi connectivity index (χ4n) is 0.744. The van der Waals surface area contributed by atoms with E-state index < -0.39 is 52.6 Å². The van der Waals surface area contributed by atoms with Crippen molar-refractivity contribution in [1.29, 1.82) is 0 Å². The van der Waals surface area contributed by atoms with Crippen LogP contribution in [-0.4, -0.2) is 31.7 Å². The monoisotopic (exact) mass is 392 g/mol. The predicted molar refractivity (Wildman–Crippen MR) is 46.9 cm³/mol. The summed E-state index contributed by atoms with van der Waals surface area (Å²) in [6.45, 7) is -0.828. The quantitative estimate of drug-likeness (QED) is 0.376. The van der Waals surface area contributed by atoms with E-state index in [1.165, 1.54) is 0 Å². The van der Waals surface area contributed by atoms with E-state index in [9.17, 15) is 56.2 Å². The molecule has 0 aromatic rings. The van der Waals surface area contributed by atoms with Crippen molar-refractivity contribution in [2.24, 2.45) is 0 Å². The Morgan fingerprint density at radius 1 is 0.870 bits per heavy atom. The maximum Gasteiger partial charge on any atom is 0.464 e. The van der Waals surface area contributed by atoms with Crippen LogP contribution in [0.25, 0.3) is 0 Å². The van der Waals surface area contributed by atoms with Crippen LogP contribution in [-0.2, 0) is 19.7 Å². The van der Waals surface area contributed by atoms with E-state index in [0.29, 0.717) is 0 Å². The van der Waals surface area contributed by atoms with Crippen LogP contribution in [0.1, 0.15) is 6.92 Å². The SMILES string of the molecule is CC(F)(OC(F)(F)C(F)(F)S(=O)(=O)F)C(F)(F)OC(F)=C(F)F. The summed E-state index contributed by atoms with van der Waals surface area (Å²) in [7, 11) is -7.48. The number of halogens is 11. The molecule has 0 aromatic carbocycles. The normalized spacial score (nSPS) is 16.7. The summed E-state index contributed by atoms with van der Waals surface area (Å²) in [6.07, 6.45) is -16.4. The van der Waals surface area contributed by atoms with Crippen molar-refractivity contribution in [3.63, 3.8) is 0 Å². The molecule has 0 spiro atoms. The molecule has 0 heterocycles. The number of ether oxygens (including phenoxy) is 2. The lowest BCUT2D eigenvalue weighted by atomic mass is 10.3. The summed E-state index contributed by atoms with van der Waals surface area (Å²) in [4.78, 5) is 0. The molecule has 0 aromatic heterocycles. The Labute approximate surface area is 119 Å². The van der Waals surface area contributed by atoms with Crippen LogP contribution < -0.4 is 0 Å². The van der Waals surface area contributed by atoms with Crippen molar-refractivity contribution in [2.75, 3.05) is 0 Å². The average molecular weight is 392 g/mol. The van der Waals surface area contributed by atoms with Gasteiger partial charge in [0, 0.05) is 6.92 Å². The number of hydrogen-bond acceptors (Lipinski definition) is 4. The Morgan fingerprint density at radius 2 is 1.26 bits per heavy atom. The molecule has 0 amide bonds. The Hall–Kier alpha value is -1.32. The molecule has 0 saturated carbocycles. The van der Waals surface area contributed by atoms with Gasteiger partial charge in [-0.05, 0) is 0 Å². The molecule has 0 radical (unpaired) electrons. The zero-order valence-corrected chi connectivity index (χ0v) is 11.0. The first kappa shape index (κ1) is 21.7. The minimum absolute atomic E-state index is 0.828. The number of alkyl halides is 7. The van der Waals surface area contributed by atoms with Crippen molar-refractivity contribution < 1.29 is 65.7 Å². The van der Waals surface area contributed by atoms with Gasteiger partial charge >= 0.3 is 45.6 Å². The maximum atomic E-state index is 13.2. The molecule has 0 aliphatic heterocycles. The Bertz CT molecular complexity index is 577. The highest BCUT2D eigenvalue weighted by Crippen LogP contribution is 2.47. The van der Waals surface area contributed by atoms with Crippen LogP contribution in [0.4, 0.5) is 47.8 Å². The molecule has 16 heteroatoms. The van der Waals surface area contributed by atoms with Gasteiger partial charge in [-0.25, -0.2) is 4.39 Å². The first-order valence-electron chi connectivity index (χ1n) is 4.65. The van der Waals surface area contributed by atoms with Gasteiger partial charge in [-0.3, -0.25) is 4.74 Å². The van der Waals surface area contributed by atoms with Crippen molar-refractivity contribution in [3.8, 4) is 0 Å². The van der Waals surface area contributed by atoms with Crippen molar-refractivity contribution in [1.82, 2.24) is 0 Å². The Balaban J connectivity index is 5.67. The van der Waals surface area contributed by atoms with Gasteiger partial charge in [0.25, 0.3) is 0 Å². The lowest BCUT2D eigenvalue weighted by Crippen LogP contribution is -2.56. The van der Waals surface area contributed by atoms with Crippen LogP contribution in [0.15, 0.2) is 12.1 Å². The van der Waals surface area contributed by atoms with E-state index in [0.717, 1.165) is 0 Å². The van der Waals surface area contributed by atoms with E-state index in [1.54, 1.807) is 0 Å². The van der Waals surface area contributed by atoms with Gasteiger partial charge in [-0.15, -0.1) is 0 Å². The lowest BCUT2D eigenvalue weighted by molar-refractivity contribution is -0.450. The molecule has 0 N–H and O–H groups in total. The predicted octanol–water partition coefficient (Wildman–Crippen LogP) is 3.82. The van der Waals surface area contributed by atoms with Gasteiger partial charge in [-0.1, -0.05) is 3.89 Å². The largest absolute Gasteiger partial charge is 0.464 e. The molecule has 0 aliphatic rings. The highest BCUT2D eigenvalue weighted by molar-refractivity contribution is 7.87. The van der Waals surface area contributed by atoms with E-state index in [2.05, 4.69) is 9.47 Å². The summed E-state index contributed by atoms with van der Waals surface area (Å²) in [5.74, 6) is -5.50. The zero-order chi connectivity index (χ0) is 19.1. The fourth-order valence-corrected chi connectivity index (χ4v) is 1.07. The smallest absolute Gasteiger partial charge is 0.398 e. The van der Waals surface area contributed by atoms with Gasteiger partial charge in [0.15, 0.2) is 0 Å². The first-order chi connectivity index (χ1) is 9.78. The molecule has 4 nitrogen and oxygen atoms in total. The summed E-state index contributed by atoms with van der Waals surface area (Å²) >= 11 is 0. The third-order valence-electron chi connectivity index (χ3n) is 1.85. The molecule has 0 aliphatic carbocycles. The van der Waals surface area contributed by atoms with Gasteiger partial charge in [0.05, 0.1) is 0 Å². The topological polar surface area (TPSA) is 52.6 Å². The zero-order valence-electron chi connectivity index (χ0n) is 10.2. The maximum absolute atomic E-state index is 13.2. The third kappa shape index (κ3) is 4.36. The van der Waals surface area contributed by atoms with Crippen LogP contribution in [0, 0.1) is 0 Å². The summed E-state index contributed by atoms with van der Waals surface area (Å²) in [6, 6.07) is -3.48. The third-order valence-corrected chi connectivity index (χ3v) is 2.70. The van der Waals surface area contributed by atoms with Gasteiger partial charge in [0.2, 0.25) is 0 Å². The molecule has 0 bridgehead atoms.